The van der Waals surface area contributed by atoms with E-state index in [4.69, 9.17) is 4.74 Å². The molecule has 0 aliphatic carbocycles. The van der Waals surface area contributed by atoms with E-state index >= 15 is 0 Å². The lowest BCUT2D eigenvalue weighted by Crippen LogP contribution is -2.55. The number of carbonyl (C=O) groups is 2. The van der Waals surface area contributed by atoms with Gasteiger partial charge in [0.25, 0.3) is 0 Å². The van der Waals surface area contributed by atoms with Gasteiger partial charge in [0.15, 0.2) is 0 Å². The quantitative estimate of drug-likeness (QED) is 0.854. The van der Waals surface area contributed by atoms with Crippen LogP contribution in [0.15, 0.2) is 30.3 Å². The Morgan fingerprint density at radius 1 is 1.44 bits per heavy atom. The van der Waals surface area contributed by atoms with Crippen LogP contribution in [0.1, 0.15) is 12.5 Å². The molecule has 1 aliphatic heterocycles. The number of rotatable bonds is 2. The molecule has 0 aromatic heterocycles. The highest BCUT2D eigenvalue weighted by atomic mass is 16.6. The van der Waals surface area contributed by atoms with Crippen LogP contribution in [0.2, 0.25) is 0 Å². The Morgan fingerprint density at radius 3 is 2.89 bits per heavy atom. The van der Waals surface area contributed by atoms with Gasteiger partial charge in [0, 0.05) is 6.54 Å². The first-order valence-electron chi connectivity index (χ1n) is 5.91. The number of piperazine rings is 1. The Labute approximate surface area is 106 Å². The Kier molecular flexibility index (Phi) is 3.82. The highest BCUT2D eigenvalue weighted by Crippen LogP contribution is 2.08. The summed E-state index contributed by atoms with van der Waals surface area (Å²) < 4.78 is 5.19. The molecule has 2 rings (SSSR count). The van der Waals surface area contributed by atoms with Crippen LogP contribution in [-0.2, 0) is 16.1 Å². The predicted octanol–water partition coefficient (Wildman–Crippen LogP) is 1.14. The molecule has 1 fully saturated rings. The lowest BCUT2D eigenvalue weighted by atomic mass is 10.2. The largest absolute Gasteiger partial charge is 0.445 e. The molecule has 0 radical (unpaired) electrons. The van der Waals surface area contributed by atoms with Crippen LogP contribution in [0.3, 0.4) is 0 Å². The van der Waals surface area contributed by atoms with Gasteiger partial charge in [-0.05, 0) is 12.5 Å². The Hall–Kier alpha value is -2.04. The maximum absolute atomic E-state index is 11.9. The standard InChI is InChI=1S/C13H16N2O3/c1-10-7-14-12(16)8-15(10)13(17)18-9-11-5-3-2-4-6-11/h2-6,10H,7-9H2,1H3,(H,14,16)/t10-/m1/s1. The second-order valence-corrected chi connectivity index (χ2v) is 4.32. The molecule has 1 atom stereocenters. The van der Waals surface area contributed by atoms with E-state index in [0.717, 1.165) is 5.56 Å². The summed E-state index contributed by atoms with van der Waals surface area (Å²) in [4.78, 5) is 24.5. The van der Waals surface area contributed by atoms with Crippen LogP contribution in [-0.4, -0.2) is 36.0 Å². The first kappa shape index (κ1) is 12.4. The van der Waals surface area contributed by atoms with Crippen molar-refractivity contribution < 1.29 is 14.3 Å². The summed E-state index contributed by atoms with van der Waals surface area (Å²) in [5, 5.41) is 2.70. The second kappa shape index (κ2) is 5.53. The summed E-state index contributed by atoms with van der Waals surface area (Å²) >= 11 is 0. The molecule has 1 aromatic carbocycles. The third-order valence-corrected chi connectivity index (χ3v) is 2.88. The van der Waals surface area contributed by atoms with Gasteiger partial charge in [0.1, 0.15) is 13.2 Å². The summed E-state index contributed by atoms with van der Waals surface area (Å²) in [6.07, 6.45) is -0.443. The number of ether oxygens (including phenoxy) is 1. The number of hydrogen-bond donors (Lipinski definition) is 1. The molecule has 1 N–H and O–H groups in total. The van der Waals surface area contributed by atoms with Crippen molar-refractivity contribution in [3.05, 3.63) is 35.9 Å². The van der Waals surface area contributed by atoms with Gasteiger partial charge in [-0.15, -0.1) is 0 Å². The molecule has 0 bridgehead atoms. The molecule has 1 heterocycles. The minimum absolute atomic E-state index is 0.0361. The van der Waals surface area contributed by atoms with Crippen molar-refractivity contribution in [3.63, 3.8) is 0 Å². The van der Waals surface area contributed by atoms with Crippen LogP contribution in [0.25, 0.3) is 0 Å². The lowest BCUT2D eigenvalue weighted by molar-refractivity contribution is -0.124. The van der Waals surface area contributed by atoms with Crippen LogP contribution in [0.5, 0.6) is 0 Å². The molecule has 5 heteroatoms. The molecule has 0 unspecified atom stereocenters. The van der Waals surface area contributed by atoms with Crippen molar-refractivity contribution in [3.8, 4) is 0 Å². The molecule has 5 nitrogen and oxygen atoms in total. The van der Waals surface area contributed by atoms with Crippen molar-refractivity contribution in [2.24, 2.45) is 0 Å². The first-order chi connectivity index (χ1) is 8.66. The molecule has 1 aromatic rings. The SMILES string of the molecule is C[C@@H]1CNC(=O)CN1C(=O)OCc1ccccc1. The molecule has 1 aliphatic rings. The van der Waals surface area contributed by atoms with E-state index in [1.807, 2.05) is 37.3 Å². The minimum Gasteiger partial charge on any atom is -0.445 e. The normalized spacial score (nSPS) is 19.3. The lowest BCUT2D eigenvalue weighted by Gasteiger charge is -2.32. The van der Waals surface area contributed by atoms with E-state index < -0.39 is 6.09 Å². The van der Waals surface area contributed by atoms with Gasteiger partial charge in [0.05, 0.1) is 6.04 Å². The molecule has 18 heavy (non-hydrogen) atoms. The molecule has 2 amide bonds. The molecule has 96 valence electrons. The topological polar surface area (TPSA) is 58.6 Å². The smallest absolute Gasteiger partial charge is 0.410 e. The Morgan fingerprint density at radius 2 is 2.17 bits per heavy atom. The second-order valence-electron chi connectivity index (χ2n) is 4.32. The number of benzene rings is 1. The van der Waals surface area contributed by atoms with Crippen molar-refractivity contribution in [1.29, 1.82) is 0 Å². The van der Waals surface area contributed by atoms with Gasteiger partial charge in [-0.2, -0.15) is 0 Å². The number of carbonyl (C=O) groups excluding carboxylic acids is 2. The minimum atomic E-state index is -0.443. The van der Waals surface area contributed by atoms with Gasteiger partial charge in [0.2, 0.25) is 5.91 Å². The molecule has 0 spiro atoms. The number of nitrogens with one attached hydrogen (secondary N) is 1. The third-order valence-electron chi connectivity index (χ3n) is 2.88. The number of amides is 2. The van der Waals surface area contributed by atoms with Crippen molar-refractivity contribution in [1.82, 2.24) is 10.2 Å². The van der Waals surface area contributed by atoms with Crippen LogP contribution >= 0.6 is 0 Å². The zero-order valence-electron chi connectivity index (χ0n) is 10.3. The summed E-state index contributed by atoms with van der Waals surface area (Å²) in [7, 11) is 0. The van der Waals surface area contributed by atoms with E-state index in [-0.39, 0.29) is 25.1 Å². The van der Waals surface area contributed by atoms with Crippen LogP contribution < -0.4 is 5.32 Å². The fraction of sp³-hybridized carbons (Fsp3) is 0.385. The fourth-order valence-electron chi connectivity index (χ4n) is 1.78. The summed E-state index contributed by atoms with van der Waals surface area (Å²) in [6, 6.07) is 9.42. The average Bonchev–Trinajstić information content (AvgIpc) is 2.40. The molecule has 1 saturated heterocycles. The van der Waals surface area contributed by atoms with E-state index in [9.17, 15) is 9.59 Å². The molecular weight excluding hydrogens is 232 g/mol. The van der Waals surface area contributed by atoms with Gasteiger partial charge in [-0.1, -0.05) is 30.3 Å². The zero-order chi connectivity index (χ0) is 13.0. The Bertz CT molecular complexity index is 433. The summed E-state index contributed by atoms with van der Waals surface area (Å²) in [5.74, 6) is -0.148. The zero-order valence-corrected chi connectivity index (χ0v) is 10.3. The van der Waals surface area contributed by atoms with Gasteiger partial charge in [-0.3, -0.25) is 9.69 Å². The van der Waals surface area contributed by atoms with Crippen LogP contribution in [0, 0.1) is 0 Å². The monoisotopic (exact) mass is 248 g/mol. The maximum Gasteiger partial charge on any atom is 0.410 e. The fourth-order valence-corrected chi connectivity index (χ4v) is 1.78. The van der Waals surface area contributed by atoms with Gasteiger partial charge < -0.3 is 10.1 Å². The van der Waals surface area contributed by atoms with E-state index in [2.05, 4.69) is 5.32 Å². The average molecular weight is 248 g/mol. The maximum atomic E-state index is 11.9. The third kappa shape index (κ3) is 3.00. The van der Waals surface area contributed by atoms with Crippen LogP contribution in [0.4, 0.5) is 4.79 Å². The van der Waals surface area contributed by atoms with Gasteiger partial charge in [-0.25, -0.2) is 4.79 Å². The highest BCUT2D eigenvalue weighted by Gasteiger charge is 2.28. The van der Waals surface area contributed by atoms with Crippen molar-refractivity contribution >= 4 is 12.0 Å². The van der Waals surface area contributed by atoms with Crippen molar-refractivity contribution in [2.45, 2.75) is 19.6 Å². The summed E-state index contributed by atoms with van der Waals surface area (Å²) in [6.45, 7) is 2.64. The van der Waals surface area contributed by atoms with Gasteiger partial charge >= 0.3 is 6.09 Å². The number of nitrogens with zero attached hydrogens (tertiary/aromatic N) is 1. The number of hydrogen-bond acceptors (Lipinski definition) is 3. The molecular formula is C13H16N2O3. The predicted molar refractivity (Wildman–Crippen MR) is 65.8 cm³/mol. The highest BCUT2D eigenvalue weighted by molar-refractivity contribution is 5.83. The summed E-state index contributed by atoms with van der Waals surface area (Å²) in [5.41, 5.74) is 0.931. The van der Waals surface area contributed by atoms with Crippen molar-refractivity contribution in [2.75, 3.05) is 13.1 Å². The first-order valence-corrected chi connectivity index (χ1v) is 5.91. The Balaban J connectivity index is 1.89. The van der Waals surface area contributed by atoms with E-state index in [1.54, 1.807) is 0 Å². The molecule has 0 saturated carbocycles. The van der Waals surface area contributed by atoms with E-state index in [1.165, 1.54) is 4.90 Å². The van der Waals surface area contributed by atoms with E-state index in [0.29, 0.717) is 6.54 Å².